The lowest BCUT2D eigenvalue weighted by Gasteiger charge is -2.34. The summed E-state index contributed by atoms with van der Waals surface area (Å²) in [7, 11) is 0. The highest BCUT2D eigenvalue weighted by atomic mass is 19.4. The molecule has 1 amide bonds. The Balaban J connectivity index is 1.91. The van der Waals surface area contributed by atoms with E-state index in [1.54, 1.807) is 6.07 Å². The molecule has 0 saturated carbocycles. The Kier molecular flexibility index (Phi) is 5.43. The Morgan fingerprint density at radius 2 is 2.00 bits per heavy atom. The number of aliphatic hydroxyl groups excluding tert-OH is 1. The van der Waals surface area contributed by atoms with Crippen LogP contribution in [0.1, 0.15) is 18.4 Å². The summed E-state index contributed by atoms with van der Waals surface area (Å²) in [6.07, 6.45) is -6.93. The fourth-order valence-corrected chi connectivity index (χ4v) is 2.80. The van der Waals surface area contributed by atoms with E-state index in [-0.39, 0.29) is 43.9 Å². The maximum Gasteiger partial charge on any atom is 0.414 e. The molecule has 1 unspecified atom stereocenters. The fourth-order valence-electron chi connectivity index (χ4n) is 2.80. The summed E-state index contributed by atoms with van der Waals surface area (Å²) >= 11 is 0. The number of nitro groups is 1. The summed E-state index contributed by atoms with van der Waals surface area (Å²) in [4.78, 5) is 23.8. The number of alkyl halides is 3. The van der Waals surface area contributed by atoms with Crippen molar-refractivity contribution >= 4 is 11.6 Å². The van der Waals surface area contributed by atoms with Gasteiger partial charge in [0.1, 0.15) is 0 Å². The highest BCUT2D eigenvalue weighted by molar-refractivity contribution is 5.79. The summed E-state index contributed by atoms with van der Waals surface area (Å²) in [5.74, 6) is -1.21. The van der Waals surface area contributed by atoms with Crippen LogP contribution in [0.5, 0.6) is 0 Å². The Morgan fingerprint density at radius 3 is 2.54 bits per heavy atom. The van der Waals surface area contributed by atoms with Gasteiger partial charge in [0.05, 0.1) is 11.3 Å². The van der Waals surface area contributed by atoms with Crippen molar-refractivity contribution in [1.82, 2.24) is 4.90 Å². The second kappa shape index (κ2) is 7.16. The van der Waals surface area contributed by atoms with Gasteiger partial charge in [0.25, 0.3) is 5.69 Å². The van der Waals surface area contributed by atoms with Crippen LogP contribution in [0.2, 0.25) is 0 Å². The molecular formula is C15H17F3N2O4. The molecule has 1 fully saturated rings. The monoisotopic (exact) mass is 346 g/mol. The molecule has 0 spiro atoms. The first-order valence-electron chi connectivity index (χ1n) is 7.44. The predicted octanol–water partition coefficient (Wildman–Crippen LogP) is 2.30. The predicted molar refractivity (Wildman–Crippen MR) is 78.2 cm³/mol. The number of carbonyl (C=O) groups is 1. The SMILES string of the molecule is O=C(Cc1cccc([N+](=O)[O-])c1)N1CCC(C(O)C(F)(F)F)CC1. The highest BCUT2D eigenvalue weighted by Gasteiger charge is 2.44. The summed E-state index contributed by atoms with van der Waals surface area (Å²) in [6, 6.07) is 5.69. The molecule has 1 N–H and O–H groups in total. The third kappa shape index (κ3) is 4.44. The number of hydrogen-bond donors (Lipinski definition) is 1. The first-order chi connectivity index (χ1) is 11.2. The first-order valence-corrected chi connectivity index (χ1v) is 7.44. The van der Waals surface area contributed by atoms with E-state index >= 15 is 0 Å². The number of piperidine rings is 1. The van der Waals surface area contributed by atoms with Gasteiger partial charge in [-0.25, -0.2) is 0 Å². The van der Waals surface area contributed by atoms with Crippen LogP contribution in [-0.2, 0) is 11.2 Å². The molecule has 1 aliphatic rings. The van der Waals surface area contributed by atoms with Crippen LogP contribution in [0.3, 0.4) is 0 Å². The van der Waals surface area contributed by atoms with Crippen LogP contribution >= 0.6 is 0 Å². The van der Waals surface area contributed by atoms with Gasteiger partial charge in [0.2, 0.25) is 5.91 Å². The number of non-ortho nitro benzene ring substituents is 1. The lowest BCUT2D eigenvalue weighted by atomic mass is 9.90. The molecule has 1 aromatic carbocycles. The molecule has 0 bridgehead atoms. The van der Waals surface area contributed by atoms with Gasteiger partial charge in [-0.2, -0.15) is 13.2 Å². The van der Waals surface area contributed by atoms with E-state index < -0.39 is 23.1 Å². The number of aliphatic hydroxyl groups is 1. The minimum absolute atomic E-state index is 0.0474. The Morgan fingerprint density at radius 1 is 1.38 bits per heavy atom. The number of rotatable bonds is 4. The summed E-state index contributed by atoms with van der Waals surface area (Å²) in [5.41, 5.74) is 0.360. The molecular weight excluding hydrogens is 329 g/mol. The fraction of sp³-hybridized carbons (Fsp3) is 0.533. The van der Waals surface area contributed by atoms with Crippen molar-refractivity contribution in [3.05, 3.63) is 39.9 Å². The lowest BCUT2D eigenvalue weighted by Crippen LogP contribution is -2.45. The highest BCUT2D eigenvalue weighted by Crippen LogP contribution is 2.31. The van der Waals surface area contributed by atoms with E-state index in [2.05, 4.69) is 0 Å². The molecule has 0 radical (unpaired) electrons. The number of likely N-dealkylation sites (tertiary alicyclic amines) is 1. The van der Waals surface area contributed by atoms with Crippen molar-refractivity contribution in [2.75, 3.05) is 13.1 Å². The molecule has 1 saturated heterocycles. The van der Waals surface area contributed by atoms with Gasteiger partial charge < -0.3 is 10.0 Å². The normalized spacial score (nSPS) is 17.6. The van der Waals surface area contributed by atoms with Crippen LogP contribution in [-0.4, -0.2) is 46.2 Å². The smallest absolute Gasteiger partial charge is 0.383 e. The average molecular weight is 346 g/mol. The molecule has 1 atom stereocenters. The van der Waals surface area contributed by atoms with Crippen molar-refractivity contribution < 1.29 is 28.0 Å². The largest absolute Gasteiger partial charge is 0.414 e. The van der Waals surface area contributed by atoms with Crippen molar-refractivity contribution in [3.63, 3.8) is 0 Å². The maximum absolute atomic E-state index is 12.5. The van der Waals surface area contributed by atoms with Gasteiger partial charge in [-0.1, -0.05) is 12.1 Å². The Labute approximate surface area is 136 Å². The van der Waals surface area contributed by atoms with Crippen LogP contribution in [0.4, 0.5) is 18.9 Å². The summed E-state index contributed by atoms with van der Waals surface area (Å²) in [5, 5.41) is 20.0. The van der Waals surface area contributed by atoms with E-state index in [0.717, 1.165) is 0 Å². The second-order valence-electron chi connectivity index (χ2n) is 5.81. The minimum atomic E-state index is -4.65. The molecule has 24 heavy (non-hydrogen) atoms. The first kappa shape index (κ1) is 18.2. The van der Waals surface area contributed by atoms with Crippen molar-refractivity contribution in [2.24, 2.45) is 5.92 Å². The van der Waals surface area contributed by atoms with Gasteiger partial charge in [-0.05, 0) is 24.3 Å². The Bertz CT molecular complexity index is 613. The van der Waals surface area contributed by atoms with Gasteiger partial charge in [0, 0.05) is 25.2 Å². The van der Waals surface area contributed by atoms with E-state index in [1.165, 1.54) is 23.1 Å². The number of hydrogen-bond acceptors (Lipinski definition) is 4. The molecule has 1 heterocycles. The van der Waals surface area contributed by atoms with E-state index in [1.807, 2.05) is 0 Å². The number of amides is 1. The van der Waals surface area contributed by atoms with Crippen molar-refractivity contribution in [3.8, 4) is 0 Å². The summed E-state index contributed by atoms with van der Waals surface area (Å²) < 4.78 is 37.5. The molecule has 1 aromatic rings. The zero-order valence-corrected chi connectivity index (χ0v) is 12.7. The standard InChI is InChI=1S/C15H17F3N2O4/c16-15(17,18)14(22)11-4-6-19(7-5-11)13(21)9-10-2-1-3-12(8-10)20(23)24/h1-3,8,11,14,22H,4-7,9H2. The van der Waals surface area contributed by atoms with Crippen molar-refractivity contribution in [1.29, 1.82) is 0 Å². The zero-order chi connectivity index (χ0) is 17.9. The summed E-state index contributed by atoms with van der Waals surface area (Å²) in [6.45, 7) is 0.261. The minimum Gasteiger partial charge on any atom is -0.383 e. The van der Waals surface area contributed by atoms with Crippen LogP contribution < -0.4 is 0 Å². The molecule has 6 nitrogen and oxygen atoms in total. The number of benzene rings is 1. The molecule has 1 aliphatic heterocycles. The number of nitrogens with zero attached hydrogens (tertiary/aromatic N) is 2. The van der Waals surface area contributed by atoms with Crippen LogP contribution in [0.15, 0.2) is 24.3 Å². The Hall–Kier alpha value is -2.16. The average Bonchev–Trinajstić information content (AvgIpc) is 2.53. The van der Waals surface area contributed by atoms with E-state index in [0.29, 0.717) is 5.56 Å². The van der Waals surface area contributed by atoms with E-state index in [9.17, 15) is 33.2 Å². The zero-order valence-electron chi connectivity index (χ0n) is 12.7. The number of nitro benzene ring substituents is 1. The van der Waals surface area contributed by atoms with Crippen LogP contribution in [0, 0.1) is 16.0 Å². The number of halogens is 3. The van der Waals surface area contributed by atoms with Crippen LogP contribution in [0.25, 0.3) is 0 Å². The molecule has 9 heteroatoms. The second-order valence-corrected chi connectivity index (χ2v) is 5.81. The van der Waals surface area contributed by atoms with Gasteiger partial charge in [-0.15, -0.1) is 0 Å². The topological polar surface area (TPSA) is 83.7 Å². The molecule has 2 rings (SSSR count). The molecule has 0 aromatic heterocycles. The molecule has 0 aliphatic carbocycles. The third-order valence-electron chi connectivity index (χ3n) is 4.15. The quantitative estimate of drug-likeness (QED) is 0.670. The van der Waals surface area contributed by atoms with Gasteiger partial charge >= 0.3 is 6.18 Å². The molecule has 132 valence electrons. The number of carbonyl (C=O) groups excluding carboxylic acids is 1. The van der Waals surface area contributed by atoms with Gasteiger partial charge in [-0.3, -0.25) is 14.9 Å². The third-order valence-corrected chi connectivity index (χ3v) is 4.15. The van der Waals surface area contributed by atoms with Gasteiger partial charge in [0.15, 0.2) is 6.10 Å². The van der Waals surface area contributed by atoms with E-state index in [4.69, 9.17) is 0 Å². The maximum atomic E-state index is 12.5. The van der Waals surface area contributed by atoms with Crippen molar-refractivity contribution in [2.45, 2.75) is 31.5 Å². The lowest BCUT2D eigenvalue weighted by molar-refractivity contribution is -0.384.